The molecule has 2 rings (SSSR count). The Kier molecular flexibility index (Phi) is 3.98. The molecule has 18 heavy (non-hydrogen) atoms. The van der Waals surface area contributed by atoms with Gasteiger partial charge in [0, 0.05) is 33.6 Å². The van der Waals surface area contributed by atoms with Gasteiger partial charge >= 0.3 is 0 Å². The molecule has 0 radical (unpaired) electrons. The van der Waals surface area contributed by atoms with Crippen LogP contribution in [-0.4, -0.2) is 31.1 Å². The van der Waals surface area contributed by atoms with E-state index in [1.165, 1.54) is 0 Å². The van der Waals surface area contributed by atoms with Gasteiger partial charge in [0.2, 0.25) is 0 Å². The molecule has 0 aliphatic heterocycles. The van der Waals surface area contributed by atoms with Crippen molar-refractivity contribution in [1.29, 1.82) is 0 Å². The zero-order valence-electron chi connectivity index (χ0n) is 10.8. The lowest BCUT2D eigenvalue weighted by atomic mass is 10.3. The fraction of sp³-hybridized carbons (Fsp3) is 0.545. The molecule has 0 spiro atoms. The number of nitrogens with zero attached hydrogens (tertiary/aromatic N) is 5. The van der Waals surface area contributed by atoms with E-state index in [1.54, 1.807) is 6.33 Å². The molecule has 0 unspecified atom stereocenters. The van der Waals surface area contributed by atoms with E-state index in [0.717, 1.165) is 35.2 Å². The zero-order chi connectivity index (χ0) is 13.1. The topological polar surface area (TPSA) is 60.6 Å². The third-order valence-electron chi connectivity index (χ3n) is 2.88. The fourth-order valence-electron chi connectivity index (χ4n) is 1.81. The van der Waals surface area contributed by atoms with Crippen molar-refractivity contribution >= 4 is 11.6 Å². The molecule has 6 nitrogen and oxygen atoms in total. The highest BCUT2D eigenvalue weighted by Crippen LogP contribution is 2.18. The maximum absolute atomic E-state index is 6.17. The van der Waals surface area contributed by atoms with Crippen molar-refractivity contribution in [2.75, 3.05) is 6.54 Å². The van der Waals surface area contributed by atoms with Crippen LogP contribution < -0.4 is 5.32 Å². The van der Waals surface area contributed by atoms with E-state index in [2.05, 4.69) is 20.6 Å². The maximum Gasteiger partial charge on any atom is 0.133 e. The highest BCUT2D eigenvalue weighted by molar-refractivity contribution is 6.31. The van der Waals surface area contributed by atoms with Crippen LogP contribution in [-0.2, 0) is 27.1 Å². The summed E-state index contributed by atoms with van der Waals surface area (Å²) in [6, 6.07) is 0. The number of hydrogen-bond acceptors (Lipinski definition) is 4. The maximum atomic E-state index is 6.17. The van der Waals surface area contributed by atoms with Gasteiger partial charge in [-0.3, -0.25) is 4.68 Å². The summed E-state index contributed by atoms with van der Waals surface area (Å²) in [7, 11) is 3.84. The van der Waals surface area contributed by atoms with Gasteiger partial charge in [0.1, 0.15) is 12.2 Å². The second-order valence-electron chi connectivity index (χ2n) is 4.25. The van der Waals surface area contributed by atoms with Crippen LogP contribution >= 0.6 is 11.6 Å². The molecule has 98 valence electrons. The number of aryl methyl sites for hydroxylation is 3. The molecule has 2 aromatic heterocycles. The number of rotatable bonds is 5. The summed E-state index contributed by atoms with van der Waals surface area (Å²) in [5, 5.41) is 16.2. The molecule has 1 N–H and O–H groups in total. The van der Waals surface area contributed by atoms with Crippen LogP contribution in [0.5, 0.6) is 0 Å². The Morgan fingerprint density at radius 2 is 2.17 bits per heavy atom. The van der Waals surface area contributed by atoms with Crippen LogP contribution in [0.2, 0.25) is 5.02 Å². The normalized spacial score (nSPS) is 11.1. The summed E-state index contributed by atoms with van der Waals surface area (Å²) in [4.78, 5) is 0. The average molecular weight is 269 g/mol. The SMILES string of the molecule is Cc1nn(C)c(CNCCc2nncn2C)c1Cl. The molecular formula is C11H17ClN6. The number of hydrogen-bond donors (Lipinski definition) is 1. The fourth-order valence-corrected chi connectivity index (χ4v) is 2.04. The number of aromatic nitrogens is 5. The van der Waals surface area contributed by atoms with Crippen LogP contribution in [0, 0.1) is 6.92 Å². The summed E-state index contributed by atoms with van der Waals surface area (Å²) in [5.74, 6) is 0.967. The Morgan fingerprint density at radius 1 is 1.39 bits per heavy atom. The van der Waals surface area contributed by atoms with Gasteiger partial charge in [-0.25, -0.2) is 0 Å². The van der Waals surface area contributed by atoms with Crippen molar-refractivity contribution in [3.8, 4) is 0 Å². The van der Waals surface area contributed by atoms with Crippen LogP contribution in [0.15, 0.2) is 6.33 Å². The van der Waals surface area contributed by atoms with E-state index < -0.39 is 0 Å². The molecule has 2 aromatic rings. The first-order valence-electron chi connectivity index (χ1n) is 5.81. The van der Waals surface area contributed by atoms with Crippen LogP contribution in [0.25, 0.3) is 0 Å². The summed E-state index contributed by atoms with van der Waals surface area (Å²) < 4.78 is 3.73. The van der Waals surface area contributed by atoms with Gasteiger partial charge in [0.25, 0.3) is 0 Å². The lowest BCUT2D eigenvalue weighted by Crippen LogP contribution is -2.20. The van der Waals surface area contributed by atoms with E-state index >= 15 is 0 Å². The van der Waals surface area contributed by atoms with Crippen molar-refractivity contribution in [2.45, 2.75) is 19.9 Å². The van der Waals surface area contributed by atoms with E-state index in [1.807, 2.05) is 30.3 Å². The Morgan fingerprint density at radius 3 is 2.72 bits per heavy atom. The van der Waals surface area contributed by atoms with Crippen LogP contribution in [0.3, 0.4) is 0 Å². The molecule has 0 aliphatic carbocycles. The molecule has 0 amide bonds. The van der Waals surface area contributed by atoms with Gasteiger partial charge < -0.3 is 9.88 Å². The lowest BCUT2D eigenvalue weighted by Gasteiger charge is -2.05. The highest BCUT2D eigenvalue weighted by atomic mass is 35.5. The highest BCUT2D eigenvalue weighted by Gasteiger charge is 2.10. The molecule has 0 fully saturated rings. The van der Waals surface area contributed by atoms with Gasteiger partial charge in [-0.05, 0) is 6.92 Å². The van der Waals surface area contributed by atoms with Gasteiger partial charge in [0.15, 0.2) is 0 Å². The number of halogens is 1. The molecular weight excluding hydrogens is 252 g/mol. The molecule has 0 aromatic carbocycles. The largest absolute Gasteiger partial charge is 0.321 e. The summed E-state index contributed by atoms with van der Waals surface area (Å²) >= 11 is 6.17. The van der Waals surface area contributed by atoms with E-state index in [-0.39, 0.29) is 0 Å². The van der Waals surface area contributed by atoms with Gasteiger partial charge in [0.05, 0.1) is 16.4 Å². The second kappa shape index (κ2) is 5.49. The first-order chi connectivity index (χ1) is 8.59. The van der Waals surface area contributed by atoms with Gasteiger partial charge in [-0.2, -0.15) is 5.10 Å². The Bertz CT molecular complexity index is 530. The average Bonchev–Trinajstić information content (AvgIpc) is 2.83. The van der Waals surface area contributed by atoms with Crippen molar-refractivity contribution in [3.05, 3.63) is 28.6 Å². The van der Waals surface area contributed by atoms with Crippen molar-refractivity contribution < 1.29 is 0 Å². The molecule has 0 aliphatic rings. The van der Waals surface area contributed by atoms with Crippen molar-refractivity contribution in [3.63, 3.8) is 0 Å². The summed E-state index contributed by atoms with van der Waals surface area (Å²) in [6.45, 7) is 3.44. The van der Waals surface area contributed by atoms with Gasteiger partial charge in [-0.1, -0.05) is 11.6 Å². The first kappa shape index (κ1) is 13.0. The smallest absolute Gasteiger partial charge is 0.133 e. The lowest BCUT2D eigenvalue weighted by molar-refractivity contribution is 0.611. The molecule has 0 atom stereocenters. The molecule has 0 saturated carbocycles. The predicted molar refractivity (Wildman–Crippen MR) is 69.4 cm³/mol. The predicted octanol–water partition coefficient (Wildman–Crippen LogP) is 0.843. The summed E-state index contributed by atoms with van der Waals surface area (Å²) in [5.41, 5.74) is 1.87. The first-order valence-corrected chi connectivity index (χ1v) is 6.19. The quantitative estimate of drug-likeness (QED) is 0.817. The monoisotopic (exact) mass is 268 g/mol. The van der Waals surface area contributed by atoms with Crippen molar-refractivity contribution in [2.24, 2.45) is 14.1 Å². The standard InChI is InChI=1S/C11H17ClN6/c1-8-11(12)9(18(3)16-8)6-13-5-4-10-15-14-7-17(10)2/h7,13H,4-6H2,1-3H3. The number of nitrogens with one attached hydrogen (secondary N) is 1. The van der Waals surface area contributed by atoms with Gasteiger partial charge in [-0.15, -0.1) is 10.2 Å². The molecule has 0 saturated heterocycles. The zero-order valence-corrected chi connectivity index (χ0v) is 11.6. The summed E-state index contributed by atoms with van der Waals surface area (Å²) in [6.07, 6.45) is 2.54. The second-order valence-corrected chi connectivity index (χ2v) is 4.63. The Labute approximate surface area is 111 Å². The molecule has 0 bridgehead atoms. The minimum atomic E-state index is 0.702. The Hall–Kier alpha value is -1.40. The van der Waals surface area contributed by atoms with E-state index in [9.17, 15) is 0 Å². The van der Waals surface area contributed by atoms with E-state index in [4.69, 9.17) is 11.6 Å². The van der Waals surface area contributed by atoms with Crippen molar-refractivity contribution in [1.82, 2.24) is 29.9 Å². The van der Waals surface area contributed by atoms with Crippen LogP contribution in [0.4, 0.5) is 0 Å². The molecule has 2 heterocycles. The van der Waals surface area contributed by atoms with E-state index in [0.29, 0.717) is 6.54 Å². The third kappa shape index (κ3) is 2.70. The third-order valence-corrected chi connectivity index (χ3v) is 3.38. The minimum Gasteiger partial charge on any atom is -0.321 e. The van der Waals surface area contributed by atoms with Crippen LogP contribution in [0.1, 0.15) is 17.2 Å². The molecule has 7 heteroatoms. The minimum absolute atomic E-state index is 0.702. The Balaban J connectivity index is 1.84.